The molecule has 3 unspecified atom stereocenters. The first-order valence-electron chi connectivity index (χ1n) is 7.41. The molecule has 0 aliphatic carbocycles. The van der Waals surface area contributed by atoms with Crippen LogP contribution in [0, 0.1) is 5.41 Å². The van der Waals surface area contributed by atoms with E-state index in [0.29, 0.717) is 0 Å². The van der Waals surface area contributed by atoms with E-state index in [1.54, 1.807) is 0 Å². The van der Waals surface area contributed by atoms with Gasteiger partial charge in [-0.2, -0.15) is 0 Å². The molecule has 0 spiro atoms. The third kappa shape index (κ3) is 8.20. The summed E-state index contributed by atoms with van der Waals surface area (Å²) >= 11 is 0. The highest BCUT2D eigenvalue weighted by Gasteiger charge is 2.29. The molecule has 3 atom stereocenters. The maximum atomic E-state index is 12.0. The molecule has 0 aromatic heterocycles. The van der Waals surface area contributed by atoms with E-state index in [1.807, 2.05) is 31.4 Å². The molecule has 0 aliphatic heterocycles. The number of rotatable bonds is 7. The van der Waals surface area contributed by atoms with E-state index in [-0.39, 0.29) is 6.54 Å². The van der Waals surface area contributed by atoms with Gasteiger partial charge in [-0.1, -0.05) is 20.8 Å². The minimum atomic E-state index is -1.31. The van der Waals surface area contributed by atoms with Crippen LogP contribution in [-0.4, -0.2) is 58.9 Å². The van der Waals surface area contributed by atoms with E-state index in [9.17, 15) is 19.2 Å². The van der Waals surface area contributed by atoms with Gasteiger partial charge < -0.3 is 31.5 Å². The fourth-order valence-corrected chi connectivity index (χ4v) is 1.73. The summed E-state index contributed by atoms with van der Waals surface area (Å²) in [6.45, 7) is 8.40. The summed E-state index contributed by atoms with van der Waals surface area (Å²) in [7, 11) is 0. The number of amides is 4. The molecule has 4 amide bonds. The van der Waals surface area contributed by atoms with Crippen LogP contribution in [0.1, 0.15) is 34.6 Å². The smallest absolute Gasteiger partial charge is 0.405 e. The highest BCUT2D eigenvalue weighted by molar-refractivity contribution is 5.86. The number of hydrogen-bond acceptors (Lipinski definition) is 4. The quantitative estimate of drug-likeness (QED) is 0.379. The molecule has 0 rings (SSSR count). The van der Waals surface area contributed by atoms with E-state index in [0.717, 1.165) is 0 Å². The van der Waals surface area contributed by atoms with Crippen LogP contribution in [0.15, 0.2) is 0 Å². The summed E-state index contributed by atoms with van der Waals surface area (Å²) in [6, 6.07) is -2.37. The maximum absolute atomic E-state index is 12.0. The van der Waals surface area contributed by atoms with Crippen molar-refractivity contribution in [1.82, 2.24) is 21.3 Å². The van der Waals surface area contributed by atoms with Gasteiger partial charge in [-0.25, -0.2) is 9.59 Å². The lowest BCUT2D eigenvalue weighted by molar-refractivity contribution is -0.125. The highest BCUT2D eigenvalue weighted by atomic mass is 16.4. The summed E-state index contributed by atoms with van der Waals surface area (Å²) in [5, 5.41) is 26.5. The van der Waals surface area contributed by atoms with Crippen molar-refractivity contribution >= 4 is 24.0 Å². The van der Waals surface area contributed by atoms with Crippen LogP contribution in [0.2, 0.25) is 0 Å². The molecule has 138 valence electrons. The van der Waals surface area contributed by atoms with Crippen LogP contribution < -0.4 is 21.3 Å². The SMILES string of the molecule is CC(NC(=O)O)C(=O)NCC(NC(=O)C(C)NC(=O)O)C(C)(C)C. The Bertz CT molecular complexity index is 488. The summed E-state index contributed by atoms with van der Waals surface area (Å²) in [4.78, 5) is 44.9. The lowest BCUT2D eigenvalue weighted by Gasteiger charge is -2.32. The van der Waals surface area contributed by atoms with Gasteiger partial charge in [0, 0.05) is 6.54 Å². The Labute approximate surface area is 140 Å². The second-order valence-corrected chi connectivity index (χ2v) is 6.51. The molecule has 10 nitrogen and oxygen atoms in total. The van der Waals surface area contributed by atoms with E-state index in [2.05, 4.69) is 10.6 Å². The van der Waals surface area contributed by atoms with Gasteiger partial charge in [-0.05, 0) is 19.3 Å². The fourth-order valence-electron chi connectivity index (χ4n) is 1.73. The van der Waals surface area contributed by atoms with Gasteiger partial charge in [0.1, 0.15) is 12.1 Å². The van der Waals surface area contributed by atoms with Gasteiger partial charge in [0.25, 0.3) is 0 Å². The second kappa shape index (κ2) is 8.94. The minimum absolute atomic E-state index is 0.0690. The number of nitrogens with one attached hydrogen (secondary N) is 4. The Morgan fingerprint density at radius 3 is 1.62 bits per heavy atom. The zero-order valence-corrected chi connectivity index (χ0v) is 14.5. The van der Waals surface area contributed by atoms with E-state index < -0.39 is 47.5 Å². The van der Waals surface area contributed by atoms with Crippen molar-refractivity contribution in [2.75, 3.05) is 6.54 Å². The van der Waals surface area contributed by atoms with Crippen LogP contribution in [0.25, 0.3) is 0 Å². The summed E-state index contributed by atoms with van der Waals surface area (Å²) in [5.74, 6) is -1.05. The van der Waals surface area contributed by atoms with Gasteiger partial charge >= 0.3 is 12.2 Å². The first-order chi connectivity index (χ1) is 10.8. The number of carbonyl (C=O) groups excluding carboxylic acids is 2. The highest BCUT2D eigenvalue weighted by Crippen LogP contribution is 2.18. The third-order valence-electron chi connectivity index (χ3n) is 3.31. The van der Waals surface area contributed by atoms with Gasteiger partial charge in [0.15, 0.2) is 0 Å². The van der Waals surface area contributed by atoms with Gasteiger partial charge in [0.2, 0.25) is 11.8 Å². The monoisotopic (exact) mass is 346 g/mol. The molecule has 0 aromatic carbocycles. The Kier molecular flexibility index (Phi) is 8.00. The third-order valence-corrected chi connectivity index (χ3v) is 3.31. The summed E-state index contributed by atoms with van der Waals surface area (Å²) < 4.78 is 0. The molecule has 0 fully saturated rings. The van der Waals surface area contributed by atoms with Crippen molar-refractivity contribution < 1.29 is 29.4 Å². The number of carbonyl (C=O) groups is 4. The molecule has 0 aliphatic rings. The van der Waals surface area contributed by atoms with Crippen molar-refractivity contribution in [3.63, 3.8) is 0 Å². The van der Waals surface area contributed by atoms with Crippen LogP contribution in [0.4, 0.5) is 9.59 Å². The second-order valence-electron chi connectivity index (χ2n) is 6.51. The molecule has 0 bridgehead atoms. The fraction of sp³-hybridized carbons (Fsp3) is 0.714. The molecule has 10 heteroatoms. The van der Waals surface area contributed by atoms with E-state index >= 15 is 0 Å². The van der Waals surface area contributed by atoms with Gasteiger partial charge in [-0.3, -0.25) is 9.59 Å². The van der Waals surface area contributed by atoms with Crippen LogP contribution in [-0.2, 0) is 9.59 Å². The van der Waals surface area contributed by atoms with Gasteiger partial charge in [-0.15, -0.1) is 0 Å². The summed E-state index contributed by atoms with van der Waals surface area (Å²) in [6.07, 6.45) is -2.63. The normalized spacial score (nSPS) is 14.7. The number of hydrogen-bond donors (Lipinski definition) is 6. The first-order valence-corrected chi connectivity index (χ1v) is 7.41. The molecule has 0 heterocycles. The van der Waals surface area contributed by atoms with Crippen LogP contribution >= 0.6 is 0 Å². The van der Waals surface area contributed by atoms with E-state index in [4.69, 9.17) is 10.2 Å². The summed E-state index contributed by atoms with van der Waals surface area (Å²) in [5.41, 5.74) is -0.421. The van der Waals surface area contributed by atoms with Crippen molar-refractivity contribution in [2.24, 2.45) is 5.41 Å². The Hall–Kier alpha value is -2.52. The molecule has 0 radical (unpaired) electrons. The van der Waals surface area contributed by atoms with Crippen LogP contribution in [0.3, 0.4) is 0 Å². The van der Waals surface area contributed by atoms with Crippen molar-refractivity contribution in [2.45, 2.75) is 52.7 Å². The molecular formula is C14H26N4O6. The number of carboxylic acid groups (broad SMARTS) is 2. The molecule has 0 aromatic rings. The topological polar surface area (TPSA) is 157 Å². The first kappa shape index (κ1) is 21.5. The zero-order chi connectivity index (χ0) is 19.1. The Morgan fingerprint density at radius 1 is 0.833 bits per heavy atom. The van der Waals surface area contributed by atoms with Crippen molar-refractivity contribution in [1.29, 1.82) is 0 Å². The average molecular weight is 346 g/mol. The molecule has 6 N–H and O–H groups in total. The van der Waals surface area contributed by atoms with Crippen molar-refractivity contribution in [3.05, 3.63) is 0 Å². The predicted octanol–water partition coefficient (Wildman–Crippen LogP) is -0.0543. The lowest BCUT2D eigenvalue weighted by atomic mass is 9.86. The Morgan fingerprint density at radius 2 is 1.25 bits per heavy atom. The van der Waals surface area contributed by atoms with Crippen LogP contribution in [0.5, 0.6) is 0 Å². The van der Waals surface area contributed by atoms with Crippen molar-refractivity contribution in [3.8, 4) is 0 Å². The molecule has 24 heavy (non-hydrogen) atoms. The zero-order valence-electron chi connectivity index (χ0n) is 14.5. The lowest BCUT2D eigenvalue weighted by Crippen LogP contribution is -2.56. The largest absolute Gasteiger partial charge is 0.465 e. The Balaban J connectivity index is 4.75. The van der Waals surface area contributed by atoms with E-state index in [1.165, 1.54) is 13.8 Å². The predicted molar refractivity (Wildman–Crippen MR) is 85.6 cm³/mol. The average Bonchev–Trinajstić information content (AvgIpc) is 2.39. The minimum Gasteiger partial charge on any atom is -0.465 e. The van der Waals surface area contributed by atoms with Gasteiger partial charge in [0.05, 0.1) is 6.04 Å². The molecule has 0 saturated carbocycles. The maximum Gasteiger partial charge on any atom is 0.405 e. The standard InChI is InChI=1S/C14H26N4O6/c1-7(16-12(21)22)10(19)15-6-9(14(3,4)5)18-11(20)8(2)17-13(23)24/h7-9,16-17H,6H2,1-5H3,(H,15,19)(H,18,20)(H,21,22)(H,23,24). The molecule has 0 saturated heterocycles. The molecular weight excluding hydrogens is 320 g/mol.